The number of aromatic carboxylic acids is 1. The van der Waals surface area contributed by atoms with E-state index in [2.05, 4.69) is 0 Å². The van der Waals surface area contributed by atoms with Crippen LogP contribution in [0.1, 0.15) is 30.1 Å². The summed E-state index contributed by atoms with van der Waals surface area (Å²) in [5, 5.41) is 18.0. The number of carboxylic acids is 2. The van der Waals surface area contributed by atoms with Crippen LogP contribution < -0.4 is 9.47 Å². The molecule has 0 amide bonds. The summed E-state index contributed by atoms with van der Waals surface area (Å²) in [4.78, 5) is 22.0. The number of methoxy groups -OCH3 is 1. The molecule has 1 rings (SSSR count). The Balaban J connectivity index is 3.16. The summed E-state index contributed by atoms with van der Waals surface area (Å²) in [6.45, 7) is 1.83. The van der Waals surface area contributed by atoms with Crippen molar-refractivity contribution >= 4 is 23.5 Å². The molecule has 20 heavy (non-hydrogen) atoms. The summed E-state index contributed by atoms with van der Waals surface area (Å²) >= 11 is 5.95. The maximum Gasteiger partial charge on any atom is 0.344 e. The zero-order valence-corrected chi connectivity index (χ0v) is 11.8. The number of rotatable bonds is 7. The van der Waals surface area contributed by atoms with Crippen LogP contribution in [-0.4, -0.2) is 35.4 Å². The standard InChI is InChI=1S/C13H15ClO6/c1-3-4-9(13(17)18)20-11-8(14)5-7(12(15)16)6-10(11)19-2/h5-6,9H,3-4H2,1-2H3,(H,15,16)(H,17,18). The Morgan fingerprint density at radius 1 is 1.35 bits per heavy atom. The molecular weight excluding hydrogens is 288 g/mol. The van der Waals surface area contributed by atoms with E-state index in [0.717, 1.165) is 0 Å². The van der Waals surface area contributed by atoms with E-state index in [9.17, 15) is 9.59 Å². The zero-order chi connectivity index (χ0) is 15.3. The van der Waals surface area contributed by atoms with Crippen molar-refractivity contribution in [1.29, 1.82) is 0 Å². The topological polar surface area (TPSA) is 93.1 Å². The molecule has 0 saturated carbocycles. The van der Waals surface area contributed by atoms with E-state index >= 15 is 0 Å². The Morgan fingerprint density at radius 3 is 2.45 bits per heavy atom. The second kappa shape index (κ2) is 7.00. The molecule has 6 nitrogen and oxygen atoms in total. The molecule has 2 N–H and O–H groups in total. The Morgan fingerprint density at radius 2 is 2.00 bits per heavy atom. The molecule has 0 aromatic heterocycles. The van der Waals surface area contributed by atoms with E-state index in [-0.39, 0.29) is 22.1 Å². The van der Waals surface area contributed by atoms with Crippen molar-refractivity contribution in [1.82, 2.24) is 0 Å². The molecule has 0 saturated heterocycles. The Labute approximate surface area is 120 Å². The fraction of sp³-hybridized carbons (Fsp3) is 0.385. The van der Waals surface area contributed by atoms with Crippen LogP contribution in [0.2, 0.25) is 5.02 Å². The lowest BCUT2D eigenvalue weighted by molar-refractivity contribution is -0.145. The van der Waals surface area contributed by atoms with E-state index < -0.39 is 18.0 Å². The van der Waals surface area contributed by atoms with Gasteiger partial charge in [-0.15, -0.1) is 0 Å². The van der Waals surface area contributed by atoms with Crippen molar-refractivity contribution in [2.24, 2.45) is 0 Å². The first-order valence-electron chi connectivity index (χ1n) is 5.91. The van der Waals surface area contributed by atoms with E-state index in [0.29, 0.717) is 12.8 Å². The molecule has 0 aliphatic heterocycles. The average molecular weight is 303 g/mol. The molecule has 0 radical (unpaired) electrons. The lowest BCUT2D eigenvalue weighted by atomic mass is 10.2. The monoisotopic (exact) mass is 302 g/mol. The molecule has 0 aliphatic carbocycles. The molecule has 1 atom stereocenters. The zero-order valence-electron chi connectivity index (χ0n) is 11.1. The van der Waals surface area contributed by atoms with Crippen LogP contribution in [0.5, 0.6) is 11.5 Å². The quantitative estimate of drug-likeness (QED) is 0.804. The first kappa shape index (κ1) is 16.1. The number of ether oxygens (including phenoxy) is 2. The number of halogens is 1. The second-order valence-electron chi connectivity index (χ2n) is 4.03. The summed E-state index contributed by atoms with van der Waals surface area (Å²) in [6.07, 6.45) is -0.151. The van der Waals surface area contributed by atoms with Gasteiger partial charge in [0.15, 0.2) is 17.6 Å². The van der Waals surface area contributed by atoms with Gasteiger partial charge in [0.25, 0.3) is 0 Å². The highest BCUT2D eigenvalue weighted by Crippen LogP contribution is 2.37. The summed E-state index contributed by atoms with van der Waals surface area (Å²) in [5.74, 6) is -2.18. The summed E-state index contributed by atoms with van der Waals surface area (Å²) in [5.41, 5.74) is -0.0680. The van der Waals surface area contributed by atoms with Crippen LogP contribution in [0.4, 0.5) is 0 Å². The predicted octanol–water partition coefficient (Wildman–Crippen LogP) is 2.68. The molecular formula is C13H15ClO6. The number of aliphatic carboxylic acids is 1. The van der Waals surface area contributed by atoms with Gasteiger partial charge in [-0.3, -0.25) is 0 Å². The van der Waals surface area contributed by atoms with E-state index in [1.807, 2.05) is 6.92 Å². The van der Waals surface area contributed by atoms with Crippen LogP contribution >= 0.6 is 11.6 Å². The van der Waals surface area contributed by atoms with Crippen LogP contribution in [0.25, 0.3) is 0 Å². The molecule has 7 heteroatoms. The largest absolute Gasteiger partial charge is 0.493 e. The maximum absolute atomic E-state index is 11.1. The normalized spacial score (nSPS) is 11.8. The average Bonchev–Trinajstić information content (AvgIpc) is 2.39. The minimum atomic E-state index is -1.17. The van der Waals surface area contributed by atoms with Crippen molar-refractivity contribution < 1.29 is 29.3 Å². The number of hydrogen-bond donors (Lipinski definition) is 2. The molecule has 1 unspecified atom stereocenters. The first-order valence-corrected chi connectivity index (χ1v) is 6.28. The molecule has 0 fully saturated rings. The van der Waals surface area contributed by atoms with Gasteiger partial charge in [0.1, 0.15) is 0 Å². The minimum absolute atomic E-state index is 0.0101. The van der Waals surface area contributed by atoms with Gasteiger partial charge in [-0.05, 0) is 18.6 Å². The highest BCUT2D eigenvalue weighted by Gasteiger charge is 2.23. The van der Waals surface area contributed by atoms with Crippen LogP contribution in [0.3, 0.4) is 0 Å². The lowest BCUT2D eigenvalue weighted by Crippen LogP contribution is -2.27. The van der Waals surface area contributed by atoms with Crippen molar-refractivity contribution in [3.05, 3.63) is 22.7 Å². The van der Waals surface area contributed by atoms with Crippen LogP contribution in [0.15, 0.2) is 12.1 Å². The number of benzene rings is 1. The van der Waals surface area contributed by atoms with Gasteiger partial charge in [-0.2, -0.15) is 0 Å². The van der Waals surface area contributed by atoms with Crippen molar-refractivity contribution in [3.8, 4) is 11.5 Å². The van der Waals surface area contributed by atoms with Crippen LogP contribution in [0, 0.1) is 0 Å². The predicted molar refractivity (Wildman–Crippen MR) is 71.9 cm³/mol. The number of carbonyl (C=O) groups is 2. The molecule has 0 heterocycles. The molecule has 1 aromatic carbocycles. The minimum Gasteiger partial charge on any atom is -0.493 e. The third-order valence-corrected chi connectivity index (χ3v) is 2.84. The van der Waals surface area contributed by atoms with Crippen molar-refractivity contribution in [3.63, 3.8) is 0 Å². The third kappa shape index (κ3) is 3.77. The fourth-order valence-electron chi connectivity index (χ4n) is 1.59. The van der Waals surface area contributed by atoms with E-state index in [1.54, 1.807) is 0 Å². The van der Waals surface area contributed by atoms with Gasteiger partial charge >= 0.3 is 11.9 Å². The SMILES string of the molecule is CCCC(Oc1c(Cl)cc(C(=O)O)cc1OC)C(=O)O. The molecule has 0 spiro atoms. The molecule has 110 valence electrons. The molecule has 1 aromatic rings. The third-order valence-electron chi connectivity index (χ3n) is 2.56. The van der Waals surface area contributed by atoms with Gasteiger partial charge < -0.3 is 19.7 Å². The summed E-state index contributed by atoms with van der Waals surface area (Å²) in [6, 6.07) is 2.42. The summed E-state index contributed by atoms with van der Waals surface area (Å²) in [7, 11) is 1.32. The Kier molecular flexibility index (Phi) is 5.64. The highest BCUT2D eigenvalue weighted by molar-refractivity contribution is 6.32. The van der Waals surface area contributed by atoms with Crippen molar-refractivity contribution in [2.45, 2.75) is 25.9 Å². The Hall–Kier alpha value is -1.95. The molecule has 0 aliphatic rings. The van der Waals surface area contributed by atoms with Gasteiger partial charge in [-0.25, -0.2) is 9.59 Å². The molecule has 0 bridgehead atoms. The van der Waals surface area contributed by atoms with E-state index in [1.165, 1.54) is 19.2 Å². The van der Waals surface area contributed by atoms with Crippen molar-refractivity contribution in [2.75, 3.05) is 7.11 Å². The lowest BCUT2D eigenvalue weighted by Gasteiger charge is -2.18. The van der Waals surface area contributed by atoms with Gasteiger partial charge in [-0.1, -0.05) is 24.9 Å². The van der Waals surface area contributed by atoms with Gasteiger partial charge in [0, 0.05) is 0 Å². The Bertz CT molecular complexity index is 514. The van der Waals surface area contributed by atoms with Gasteiger partial charge in [0.2, 0.25) is 0 Å². The van der Waals surface area contributed by atoms with Crippen LogP contribution in [-0.2, 0) is 4.79 Å². The maximum atomic E-state index is 11.1. The second-order valence-corrected chi connectivity index (χ2v) is 4.44. The van der Waals surface area contributed by atoms with Gasteiger partial charge in [0.05, 0.1) is 17.7 Å². The smallest absolute Gasteiger partial charge is 0.344 e. The first-order chi connectivity index (χ1) is 9.40. The van der Waals surface area contributed by atoms with E-state index in [4.69, 9.17) is 31.3 Å². The summed E-state index contributed by atoms with van der Waals surface area (Å²) < 4.78 is 10.4. The number of carboxylic acid groups (broad SMARTS) is 2. The number of hydrogen-bond acceptors (Lipinski definition) is 4. The fourth-order valence-corrected chi connectivity index (χ4v) is 1.85. The highest BCUT2D eigenvalue weighted by atomic mass is 35.5.